The van der Waals surface area contributed by atoms with E-state index in [4.69, 9.17) is 5.10 Å². The number of nitrogens with zero attached hydrogens (tertiary/aromatic N) is 2. The highest BCUT2D eigenvalue weighted by molar-refractivity contribution is 7.99. The molecule has 1 N–H and O–H groups in total. The fourth-order valence-corrected chi connectivity index (χ4v) is 2.90. The molecule has 1 heterocycles. The maximum atomic E-state index is 4.84. The summed E-state index contributed by atoms with van der Waals surface area (Å²) in [6.07, 6.45) is 2.08. The summed E-state index contributed by atoms with van der Waals surface area (Å²) >= 11 is 1.99. The molecular formula is C16H31N3S. The van der Waals surface area contributed by atoms with Crippen LogP contribution in [0, 0.1) is 0 Å². The van der Waals surface area contributed by atoms with E-state index in [1.165, 1.54) is 22.7 Å². The number of aryl methyl sites for hydroxylation is 2. The molecular weight excluding hydrogens is 266 g/mol. The van der Waals surface area contributed by atoms with Crippen molar-refractivity contribution in [2.75, 3.05) is 11.5 Å². The quantitative estimate of drug-likeness (QED) is 0.743. The molecule has 0 unspecified atom stereocenters. The number of nitrogens with one attached hydrogen (secondary N) is 1. The van der Waals surface area contributed by atoms with E-state index in [0.29, 0.717) is 0 Å². The lowest BCUT2D eigenvalue weighted by atomic mass is 10.1. The maximum absolute atomic E-state index is 4.84. The zero-order valence-corrected chi connectivity index (χ0v) is 14.9. The van der Waals surface area contributed by atoms with Gasteiger partial charge in [0.1, 0.15) is 0 Å². The van der Waals surface area contributed by atoms with Crippen molar-refractivity contribution in [2.45, 2.75) is 73.0 Å². The first-order chi connectivity index (χ1) is 9.42. The molecule has 20 heavy (non-hydrogen) atoms. The van der Waals surface area contributed by atoms with Gasteiger partial charge in [-0.3, -0.25) is 4.68 Å². The highest BCUT2D eigenvalue weighted by Crippen LogP contribution is 2.18. The molecule has 1 aromatic rings. The highest BCUT2D eigenvalue weighted by Gasteiger charge is 2.17. The zero-order chi connectivity index (χ0) is 15.2. The topological polar surface area (TPSA) is 29.9 Å². The van der Waals surface area contributed by atoms with Crippen LogP contribution < -0.4 is 5.32 Å². The molecule has 0 amide bonds. The highest BCUT2D eigenvalue weighted by atomic mass is 32.2. The lowest BCUT2D eigenvalue weighted by Crippen LogP contribution is -2.35. The van der Waals surface area contributed by atoms with Crippen molar-refractivity contribution in [2.24, 2.45) is 0 Å². The van der Waals surface area contributed by atoms with Crippen LogP contribution in [0.1, 0.15) is 58.5 Å². The molecule has 0 atom stereocenters. The summed E-state index contributed by atoms with van der Waals surface area (Å²) in [7, 11) is 0. The van der Waals surface area contributed by atoms with Gasteiger partial charge in [-0.15, -0.1) is 0 Å². The molecule has 0 bridgehead atoms. The summed E-state index contributed by atoms with van der Waals surface area (Å²) in [5, 5.41) is 8.44. The standard InChI is InChI=1S/C16H31N3S/c1-7-14-13(12-17-16(4,5)6)15(8-2)19(18-14)10-11-20-9-3/h17H,7-12H2,1-6H3. The van der Waals surface area contributed by atoms with Gasteiger partial charge in [0, 0.05) is 29.1 Å². The fourth-order valence-electron chi connectivity index (χ4n) is 2.31. The normalized spacial score (nSPS) is 12.1. The first-order valence-corrected chi connectivity index (χ1v) is 8.98. The maximum Gasteiger partial charge on any atom is 0.0669 e. The first-order valence-electron chi connectivity index (χ1n) is 7.83. The number of hydrogen-bond acceptors (Lipinski definition) is 3. The van der Waals surface area contributed by atoms with Gasteiger partial charge in [0.2, 0.25) is 0 Å². The molecule has 0 aliphatic carbocycles. The van der Waals surface area contributed by atoms with E-state index in [2.05, 4.69) is 51.5 Å². The average Bonchev–Trinajstić information content (AvgIpc) is 2.73. The summed E-state index contributed by atoms with van der Waals surface area (Å²) in [6, 6.07) is 0. The van der Waals surface area contributed by atoms with Crippen molar-refractivity contribution in [3.63, 3.8) is 0 Å². The first kappa shape index (κ1) is 17.6. The van der Waals surface area contributed by atoms with Crippen LogP contribution in [0.3, 0.4) is 0 Å². The molecule has 0 radical (unpaired) electrons. The minimum absolute atomic E-state index is 0.149. The Morgan fingerprint density at radius 2 is 1.85 bits per heavy atom. The third-order valence-electron chi connectivity index (χ3n) is 3.37. The van der Waals surface area contributed by atoms with Gasteiger partial charge in [-0.2, -0.15) is 16.9 Å². The lowest BCUT2D eigenvalue weighted by molar-refractivity contribution is 0.422. The molecule has 0 aliphatic heterocycles. The number of rotatable bonds is 8. The van der Waals surface area contributed by atoms with Gasteiger partial charge in [0.15, 0.2) is 0 Å². The van der Waals surface area contributed by atoms with E-state index in [1.54, 1.807) is 0 Å². The number of thioether (sulfide) groups is 1. The van der Waals surface area contributed by atoms with E-state index in [9.17, 15) is 0 Å². The van der Waals surface area contributed by atoms with Crippen LogP contribution in [0.15, 0.2) is 0 Å². The molecule has 1 rings (SSSR count). The fraction of sp³-hybridized carbons (Fsp3) is 0.812. The predicted octanol–water partition coefficient (Wildman–Crippen LogP) is 3.65. The van der Waals surface area contributed by atoms with Gasteiger partial charge in [-0.25, -0.2) is 0 Å². The Bertz CT molecular complexity index is 405. The predicted molar refractivity (Wildman–Crippen MR) is 90.6 cm³/mol. The molecule has 3 nitrogen and oxygen atoms in total. The van der Waals surface area contributed by atoms with E-state index in [0.717, 1.165) is 31.7 Å². The van der Waals surface area contributed by atoms with Gasteiger partial charge in [-0.1, -0.05) is 20.8 Å². The van der Waals surface area contributed by atoms with Crippen LogP contribution in [0.2, 0.25) is 0 Å². The lowest BCUT2D eigenvalue weighted by Gasteiger charge is -2.21. The van der Waals surface area contributed by atoms with Crippen molar-refractivity contribution >= 4 is 11.8 Å². The van der Waals surface area contributed by atoms with Gasteiger partial charge < -0.3 is 5.32 Å². The molecule has 0 fully saturated rings. The third kappa shape index (κ3) is 5.13. The SMILES string of the molecule is CCSCCn1nc(CC)c(CNC(C)(C)C)c1CC. The van der Waals surface area contributed by atoms with Gasteiger partial charge >= 0.3 is 0 Å². The summed E-state index contributed by atoms with van der Waals surface area (Å²) in [5.41, 5.74) is 4.25. The van der Waals surface area contributed by atoms with Crippen molar-refractivity contribution in [3.05, 3.63) is 17.0 Å². The molecule has 0 saturated heterocycles. The van der Waals surface area contributed by atoms with Crippen molar-refractivity contribution in [3.8, 4) is 0 Å². The Morgan fingerprint density at radius 3 is 2.35 bits per heavy atom. The molecule has 0 aliphatic rings. The molecule has 4 heteroatoms. The van der Waals surface area contributed by atoms with E-state index < -0.39 is 0 Å². The second-order valence-electron chi connectivity index (χ2n) is 6.10. The zero-order valence-electron chi connectivity index (χ0n) is 14.0. The smallest absolute Gasteiger partial charge is 0.0669 e. The van der Waals surface area contributed by atoms with Crippen molar-refractivity contribution < 1.29 is 0 Å². The Morgan fingerprint density at radius 1 is 1.15 bits per heavy atom. The summed E-state index contributed by atoms with van der Waals surface area (Å²) < 4.78 is 2.24. The Labute approximate surface area is 128 Å². The monoisotopic (exact) mass is 297 g/mol. The molecule has 0 saturated carbocycles. The van der Waals surface area contributed by atoms with E-state index >= 15 is 0 Å². The second kappa shape index (κ2) is 8.08. The number of aromatic nitrogens is 2. The average molecular weight is 298 g/mol. The second-order valence-corrected chi connectivity index (χ2v) is 7.50. The summed E-state index contributed by atoms with van der Waals surface area (Å²) in [5.74, 6) is 2.34. The van der Waals surface area contributed by atoms with Gasteiger partial charge in [0.05, 0.1) is 12.2 Å². The molecule has 1 aromatic heterocycles. The minimum atomic E-state index is 0.149. The van der Waals surface area contributed by atoms with Crippen molar-refractivity contribution in [1.29, 1.82) is 0 Å². The Kier molecular flexibility index (Phi) is 7.10. The third-order valence-corrected chi connectivity index (χ3v) is 4.25. The number of hydrogen-bond donors (Lipinski definition) is 1. The molecule has 0 aromatic carbocycles. The Balaban J connectivity index is 2.89. The van der Waals surface area contributed by atoms with Crippen LogP contribution in [0.4, 0.5) is 0 Å². The summed E-state index contributed by atoms with van der Waals surface area (Å²) in [4.78, 5) is 0. The molecule has 0 spiro atoms. The van der Waals surface area contributed by atoms with Crippen LogP contribution in [-0.4, -0.2) is 26.8 Å². The largest absolute Gasteiger partial charge is 0.308 e. The molecule has 116 valence electrons. The van der Waals surface area contributed by atoms with E-state index in [1.807, 2.05) is 11.8 Å². The van der Waals surface area contributed by atoms with Crippen LogP contribution in [0.5, 0.6) is 0 Å². The van der Waals surface area contributed by atoms with Crippen molar-refractivity contribution in [1.82, 2.24) is 15.1 Å². The Hall–Kier alpha value is -0.480. The van der Waals surface area contributed by atoms with Crippen LogP contribution in [0.25, 0.3) is 0 Å². The minimum Gasteiger partial charge on any atom is -0.308 e. The van der Waals surface area contributed by atoms with E-state index in [-0.39, 0.29) is 5.54 Å². The van der Waals surface area contributed by atoms with Crippen LogP contribution >= 0.6 is 11.8 Å². The van der Waals surface area contributed by atoms with Gasteiger partial charge in [0.25, 0.3) is 0 Å². The van der Waals surface area contributed by atoms with Crippen LogP contribution in [-0.2, 0) is 25.9 Å². The van der Waals surface area contributed by atoms with Gasteiger partial charge in [-0.05, 0) is 39.4 Å². The summed E-state index contributed by atoms with van der Waals surface area (Å²) in [6.45, 7) is 15.3.